The van der Waals surface area contributed by atoms with Gasteiger partial charge in [0, 0.05) is 46.6 Å². The summed E-state index contributed by atoms with van der Waals surface area (Å²) in [4.78, 5) is 11.4. The van der Waals surface area contributed by atoms with Gasteiger partial charge < -0.3 is 19.5 Å². The number of anilines is 1. The van der Waals surface area contributed by atoms with Crippen molar-refractivity contribution in [1.29, 1.82) is 0 Å². The van der Waals surface area contributed by atoms with Gasteiger partial charge in [0.15, 0.2) is 6.10 Å². The molecule has 3 atom stereocenters. The Morgan fingerprint density at radius 2 is 2.03 bits per heavy atom. The third kappa shape index (κ3) is 3.65. The molecule has 3 aromatic rings. The van der Waals surface area contributed by atoms with E-state index in [0.717, 1.165) is 27.1 Å². The highest BCUT2D eigenvalue weighted by Gasteiger charge is 2.35. The second-order valence-electron chi connectivity index (χ2n) is 8.61. The molecular weight excluding hydrogens is 444 g/mol. The molecule has 2 aliphatic heterocycles. The molecule has 0 aliphatic carbocycles. The molecule has 0 saturated heterocycles. The summed E-state index contributed by atoms with van der Waals surface area (Å²) in [5.41, 5.74) is 4.94. The van der Waals surface area contributed by atoms with Gasteiger partial charge in [-0.25, -0.2) is 4.68 Å². The Balaban J connectivity index is 1.43. The number of nitrogens with zero attached hydrogens (tertiary/aromatic N) is 2. The highest BCUT2D eigenvalue weighted by Crippen LogP contribution is 2.45. The normalized spacial score (nSPS) is 20.5. The number of halogens is 2. The SMILES string of the molecule is CC(=O)O[C@H]1c2ccc(NC3COc4c(-c5c(C)nn(C(F)F)c5C)cccc43)cc2OC1C. The molecule has 0 fully saturated rings. The molecule has 7 nitrogen and oxygen atoms in total. The van der Waals surface area contributed by atoms with Crippen LogP contribution in [0.4, 0.5) is 14.5 Å². The fourth-order valence-corrected chi connectivity index (χ4v) is 4.82. The van der Waals surface area contributed by atoms with Crippen molar-refractivity contribution < 1.29 is 27.8 Å². The first kappa shape index (κ1) is 22.2. The third-order valence-corrected chi connectivity index (χ3v) is 6.29. The molecule has 3 heterocycles. The van der Waals surface area contributed by atoms with Crippen molar-refractivity contribution in [3.8, 4) is 22.6 Å². The van der Waals surface area contributed by atoms with E-state index in [1.807, 2.05) is 43.3 Å². The first-order valence-electron chi connectivity index (χ1n) is 11.1. The predicted molar refractivity (Wildman–Crippen MR) is 121 cm³/mol. The number of rotatable bonds is 5. The third-order valence-electron chi connectivity index (χ3n) is 6.29. The van der Waals surface area contributed by atoms with E-state index in [2.05, 4.69) is 10.4 Å². The fourth-order valence-electron chi connectivity index (χ4n) is 4.82. The number of benzene rings is 2. The van der Waals surface area contributed by atoms with Crippen molar-refractivity contribution in [3.63, 3.8) is 0 Å². The number of aryl methyl sites for hydroxylation is 1. The Morgan fingerprint density at radius 1 is 1.24 bits per heavy atom. The standard InChI is InChI=1S/C25H25F2N3O4/c1-12-22(13(2)30(29-12)25(26)27)19-7-5-6-17-20(11-32-24(17)19)28-16-8-9-18-21(10-16)33-14(3)23(18)34-15(4)31/h5-10,14,20,23,25,28H,11H2,1-4H3/t14?,20?,23-/m1/s1. The Hall–Kier alpha value is -3.62. The Kier molecular flexibility index (Phi) is 5.42. The number of alkyl halides is 2. The van der Waals surface area contributed by atoms with Crippen LogP contribution in [0.15, 0.2) is 36.4 Å². The van der Waals surface area contributed by atoms with Crippen LogP contribution >= 0.6 is 0 Å². The molecule has 0 bridgehead atoms. The van der Waals surface area contributed by atoms with Crippen LogP contribution in [-0.2, 0) is 9.53 Å². The molecule has 1 N–H and O–H groups in total. The zero-order chi connectivity index (χ0) is 24.1. The van der Waals surface area contributed by atoms with Crippen LogP contribution in [0.2, 0.25) is 0 Å². The summed E-state index contributed by atoms with van der Waals surface area (Å²) < 4.78 is 44.8. The van der Waals surface area contributed by atoms with Gasteiger partial charge in [0.25, 0.3) is 0 Å². The van der Waals surface area contributed by atoms with Gasteiger partial charge in [-0.3, -0.25) is 4.79 Å². The van der Waals surface area contributed by atoms with Crippen molar-refractivity contribution in [1.82, 2.24) is 9.78 Å². The number of carbonyl (C=O) groups is 1. The van der Waals surface area contributed by atoms with E-state index in [1.54, 1.807) is 13.8 Å². The smallest absolute Gasteiger partial charge is 0.333 e. The van der Waals surface area contributed by atoms with Gasteiger partial charge in [-0.15, -0.1) is 0 Å². The lowest BCUT2D eigenvalue weighted by Gasteiger charge is -2.15. The second-order valence-corrected chi connectivity index (χ2v) is 8.61. The Labute approximate surface area is 195 Å². The summed E-state index contributed by atoms with van der Waals surface area (Å²) in [5, 5.41) is 7.49. The highest BCUT2D eigenvalue weighted by atomic mass is 19.3. The maximum atomic E-state index is 13.3. The minimum atomic E-state index is -2.70. The van der Waals surface area contributed by atoms with Crippen molar-refractivity contribution >= 4 is 11.7 Å². The van der Waals surface area contributed by atoms with Crippen LogP contribution in [0.3, 0.4) is 0 Å². The van der Waals surface area contributed by atoms with Gasteiger partial charge in [-0.2, -0.15) is 13.9 Å². The van der Waals surface area contributed by atoms with Crippen LogP contribution in [0, 0.1) is 13.8 Å². The molecule has 9 heteroatoms. The van der Waals surface area contributed by atoms with Gasteiger partial charge in [0.2, 0.25) is 0 Å². The summed E-state index contributed by atoms with van der Waals surface area (Å²) in [6.45, 7) is 4.29. The van der Waals surface area contributed by atoms with Crippen LogP contribution in [0.25, 0.3) is 11.1 Å². The summed E-state index contributed by atoms with van der Waals surface area (Å²) in [7, 11) is 0. The van der Waals surface area contributed by atoms with E-state index >= 15 is 0 Å². The van der Waals surface area contributed by atoms with Crippen LogP contribution in [-0.4, -0.2) is 28.5 Å². The number of ether oxygens (including phenoxy) is 3. The van der Waals surface area contributed by atoms with E-state index in [-0.39, 0.29) is 18.1 Å². The number of nitrogens with one attached hydrogen (secondary N) is 1. The lowest BCUT2D eigenvalue weighted by molar-refractivity contribution is -0.149. The van der Waals surface area contributed by atoms with Gasteiger partial charge >= 0.3 is 12.5 Å². The lowest BCUT2D eigenvalue weighted by Crippen LogP contribution is -2.18. The molecule has 0 saturated carbocycles. The average molecular weight is 469 g/mol. The van der Waals surface area contributed by atoms with Gasteiger partial charge in [-0.1, -0.05) is 18.2 Å². The number of hydrogen-bond donors (Lipinski definition) is 1. The Morgan fingerprint density at radius 3 is 2.74 bits per heavy atom. The van der Waals surface area contributed by atoms with Crippen LogP contribution < -0.4 is 14.8 Å². The fraction of sp³-hybridized carbons (Fsp3) is 0.360. The molecule has 0 radical (unpaired) electrons. The average Bonchev–Trinajstić information content (AvgIpc) is 3.42. The molecule has 0 amide bonds. The van der Waals surface area contributed by atoms with Crippen molar-refractivity contribution in [2.24, 2.45) is 0 Å². The van der Waals surface area contributed by atoms with E-state index in [4.69, 9.17) is 14.2 Å². The monoisotopic (exact) mass is 469 g/mol. The second kappa shape index (κ2) is 8.30. The first-order chi connectivity index (χ1) is 16.2. The molecular formula is C25H25F2N3O4. The van der Waals surface area contributed by atoms with Crippen molar-refractivity contribution in [3.05, 3.63) is 58.9 Å². The van der Waals surface area contributed by atoms with E-state index in [9.17, 15) is 13.6 Å². The van der Waals surface area contributed by atoms with E-state index in [0.29, 0.717) is 35.1 Å². The zero-order valence-corrected chi connectivity index (χ0v) is 19.3. The van der Waals surface area contributed by atoms with Crippen molar-refractivity contribution in [2.45, 2.75) is 52.5 Å². The lowest BCUT2D eigenvalue weighted by atomic mass is 9.98. The van der Waals surface area contributed by atoms with E-state index in [1.165, 1.54) is 6.92 Å². The van der Waals surface area contributed by atoms with Gasteiger partial charge in [0.05, 0.1) is 11.7 Å². The molecule has 178 valence electrons. The number of fused-ring (bicyclic) bond motifs is 2. The van der Waals surface area contributed by atoms with E-state index < -0.39 is 12.7 Å². The molecule has 34 heavy (non-hydrogen) atoms. The van der Waals surface area contributed by atoms with Crippen LogP contribution in [0.5, 0.6) is 11.5 Å². The summed E-state index contributed by atoms with van der Waals surface area (Å²) >= 11 is 0. The van der Waals surface area contributed by atoms with Crippen molar-refractivity contribution in [2.75, 3.05) is 11.9 Å². The highest BCUT2D eigenvalue weighted by molar-refractivity contribution is 5.77. The molecule has 1 aromatic heterocycles. The largest absolute Gasteiger partial charge is 0.490 e. The first-order valence-corrected chi connectivity index (χ1v) is 11.1. The minimum Gasteiger partial charge on any atom is -0.490 e. The number of para-hydroxylation sites is 1. The molecule has 0 spiro atoms. The molecule has 2 unspecified atom stereocenters. The maximum absolute atomic E-state index is 13.3. The summed E-state index contributed by atoms with van der Waals surface area (Å²) in [6, 6.07) is 11.3. The predicted octanol–water partition coefficient (Wildman–Crippen LogP) is 5.49. The number of esters is 1. The van der Waals surface area contributed by atoms with Gasteiger partial charge in [-0.05, 0) is 32.9 Å². The molecule has 5 rings (SSSR count). The number of carbonyl (C=O) groups excluding carboxylic acids is 1. The maximum Gasteiger partial charge on any atom is 0.333 e. The van der Waals surface area contributed by atoms with Gasteiger partial charge in [0.1, 0.15) is 24.2 Å². The summed E-state index contributed by atoms with van der Waals surface area (Å²) in [6.07, 6.45) is -0.701. The zero-order valence-electron chi connectivity index (χ0n) is 19.3. The Bertz CT molecular complexity index is 1270. The topological polar surface area (TPSA) is 74.6 Å². The molecule has 2 aliphatic rings. The summed E-state index contributed by atoms with van der Waals surface area (Å²) in [5.74, 6) is 0.985. The molecule has 2 aromatic carbocycles. The number of hydrogen-bond acceptors (Lipinski definition) is 6. The number of aromatic nitrogens is 2. The minimum absolute atomic E-state index is 0.137. The van der Waals surface area contributed by atoms with Crippen LogP contribution in [0.1, 0.15) is 55.1 Å². The quantitative estimate of drug-likeness (QED) is 0.498.